The minimum Gasteiger partial charge on any atom is -0.393 e. The molecule has 0 aromatic carbocycles. The standard InChI is InChI=1S/C33H52O5/c1-20(2)21(3)10-11-23(29(36)38-37-22(4)34)24-14-18-33(9)26-12-13-27-30(5,6)28(35)16-17-31(27,7)25(26)15-19-32(24,33)8/h20,23-24,27-28,35H,3,10-19H2,1-2,4-9H3/t23-,24-,27+,28?,31-,32-,33+/m1/s1. The van der Waals surface area contributed by atoms with Crippen molar-refractivity contribution in [2.75, 3.05) is 0 Å². The summed E-state index contributed by atoms with van der Waals surface area (Å²) in [5.41, 5.74) is 4.53. The SMILES string of the molecule is C=C(CC[C@@H](C(=O)OOC(C)=O)[C@H]1CC[C@@]2(C)C3=C(CC[C@]12C)[C@@]1(C)CCC(O)C(C)(C)[C@@H]1CC3)C(C)C. The molecule has 4 rings (SSSR count). The van der Waals surface area contributed by atoms with E-state index in [1.807, 2.05) is 0 Å². The molecular weight excluding hydrogens is 476 g/mol. The lowest BCUT2D eigenvalue weighted by Crippen LogP contribution is -2.55. The Balaban J connectivity index is 1.67. The predicted molar refractivity (Wildman–Crippen MR) is 150 cm³/mol. The maximum atomic E-state index is 13.4. The Morgan fingerprint density at radius 2 is 1.66 bits per heavy atom. The van der Waals surface area contributed by atoms with Crippen molar-refractivity contribution in [3.63, 3.8) is 0 Å². The minimum absolute atomic E-state index is 0.0300. The molecule has 0 aliphatic heterocycles. The average Bonchev–Trinajstić information content (AvgIpc) is 3.11. The van der Waals surface area contributed by atoms with Crippen LogP contribution >= 0.6 is 0 Å². The first-order valence-corrected chi connectivity index (χ1v) is 15.1. The van der Waals surface area contributed by atoms with Gasteiger partial charge in [-0.1, -0.05) is 71.8 Å². The molecule has 0 spiro atoms. The highest BCUT2D eigenvalue weighted by Gasteiger charge is 2.64. The van der Waals surface area contributed by atoms with Gasteiger partial charge in [-0.05, 0) is 104 Å². The Labute approximate surface area is 230 Å². The zero-order chi connectivity index (χ0) is 28.3. The van der Waals surface area contributed by atoms with Gasteiger partial charge in [-0.15, -0.1) is 0 Å². The van der Waals surface area contributed by atoms with Crippen LogP contribution in [-0.2, 0) is 19.4 Å². The second-order valence-electron chi connectivity index (χ2n) is 14.7. The van der Waals surface area contributed by atoms with Crippen LogP contribution in [0.25, 0.3) is 0 Å². The van der Waals surface area contributed by atoms with Crippen LogP contribution in [0.2, 0.25) is 0 Å². The lowest BCUT2D eigenvalue weighted by atomic mass is 9.43. The Morgan fingerprint density at radius 3 is 2.29 bits per heavy atom. The molecule has 5 heteroatoms. The largest absolute Gasteiger partial charge is 0.393 e. The van der Waals surface area contributed by atoms with E-state index in [9.17, 15) is 14.7 Å². The fourth-order valence-corrected chi connectivity index (χ4v) is 9.64. The van der Waals surface area contributed by atoms with Gasteiger partial charge in [-0.25, -0.2) is 19.4 Å². The summed E-state index contributed by atoms with van der Waals surface area (Å²) in [5.74, 6) is -0.318. The number of rotatable bonds is 6. The minimum atomic E-state index is -0.607. The van der Waals surface area contributed by atoms with Gasteiger partial charge < -0.3 is 5.11 Å². The van der Waals surface area contributed by atoms with Crippen LogP contribution in [0.4, 0.5) is 0 Å². The highest BCUT2D eigenvalue weighted by molar-refractivity contribution is 5.74. The first-order valence-electron chi connectivity index (χ1n) is 15.1. The van der Waals surface area contributed by atoms with Gasteiger partial charge >= 0.3 is 11.9 Å². The zero-order valence-electron chi connectivity index (χ0n) is 25.2. The molecule has 2 saturated carbocycles. The Morgan fingerprint density at radius 1 is 0.974 bits per heavy atom. The van der Waals surface area contributed by atoms with Gasteiger partial charge in [0.1, 0.15) is 0 Å². The second kappa shape index (κ2) is 10.1. The van der Waals surface area contributed by atoms with Crippen molar-refractivity contribution in [2.45, 2.75) is 126 Å². The van der Waals surface area contributed by atoms with Crippen LogP contribution in [0.1, 0.15) is 120 Å². The molecule has 214 valence electrons. The summed E-state index contributed by atoms with van der Waals surface area (Å²) < 4.78 is 0. The molecule has 0 aromatic rings. The van der Waals surface area contributed by atoms with Crippen LogP contribution in [0.3, 0.4) is 0 Å². The monoisotopic (exact) mass is 528 g/mol. The summed E-state index contributed by atoms with van der Waals surface area (Å²) in [6.45, 7) is 21.7. The lowest BCUT2D eigenvalue weighted by molar-refractivity contribution is -0.262. The summed E-state index contributed by atoms with van der Waals surface area (Å²) in [5, 5.41) is 10.9. The third kappa shape index (κ3) is 4.49. The number of carbonyl (C=O) groups excluding carboxylic acids is 2. The summed E-state index contributed by atoms with van der Waals surface area (Å²) >= 11 is 0. The van der Waals surface area contributed by atoms with E-state index in [2.05, 4.69) is 55.0 Å². The number of aliphatic hydroxyl groups excluding tert-OH is 1. The van der Waals surface area contributed by atoms with Crippen molar-refractivity contribution in [1.29, 1.82) is 0 Å². The molecule has 0 amide bonds. The smallest absolute Gasteiger partial charge is 0.358 e. The molecule has 0 aromatic heterocycles. The maximum absolute atomic E-state index is 13.4. The highest BCUT2D eigenvalue weighted by Crippen LogP contribution is 2.72. The first-order chi connectivity index (χ1) is 17.6. The number of hydrogen-bond acceptors (Lipinski definition) is 5. The molecule has 0 heterocycles. The van der Waals surface area contributed by atoms with E-state index in [1.165, 1.54) is 6.92 Å². The highest BCUT2D eigenvalue weighted by atomic mass is 17.2. The number of fused-ring (bicyclic) bond motifs is 4. The molecule has 0 bridgehead atoms. The summed E-state index contributed by atoms with van der Waals surface area (Å²) in [4.78, 5) is 34.7. The van der Waals surface area contributed by atoms with Crippen molar-refractivity contribution in [1.82, 2.24) is 0 Å². The molecule has 0 radical (unpaired) electrons. The van der Waals surface area contributed by atoms with Crippen molar-refractivity contribution in [3.8, 4) is 0 Å². The van der Waals surface area contributed by atoms with Gasteiger partial charge in [0.25, 0.3) is 0 Å². The molecule has 2 fully saturated rings. The normalized spacial score (nSPS) is 38.6. The summed E-state index contributed by atoms with van der Waals surface area (Å²) in [7, 11) is 0. The van der Waals surface area contributed by atoms with E-state index in [0.29, 0.717) is 18.3 Å². The molecule has 0 saturated heterocycles. The molecule has 7 atom stereocenters. The van der Waals surface area contributed by atoms with E-state index in [-0.39, 0.29) is 39.6 Å². The van der Waals surface area contributed by atoms with Crippen molar-refractivity contribution >= 4 is 11.9 Å². The Bertz CT molecular complexity index is 1010. The fourth-order valence-electron chi connectivity index (χ4n) is 9.64. The van der Waals surface area contributed by atoms with Gasteiger partial charge in [-0.3, -0.25) is 0 Å². The third-order valence-corrected chi connectivity index (χ3v) is 12.4. The topological polar surface area (TPSA) is 72.8 Å². The summed E-state index contributed by atoms with van der Waals surface area (Å²) in [6.07, 6.45) is 9.54. The number of aliphatic hydroxyl groups is 1. The van der Waals surface area contributed by atoms with Crippen LogP contribution in [0.15, 0.2) is 23.3 Å². The Kier molecular flexibility index (Phi) is 7.80. The van der Waals surface area contributed by atoms with Gasteiger partial charge in [-0.2, -0.15) is 0 Å². The molecule has 5 nitrogen and oxygen atoms in total. The summed E-state index contributed by atoms with van der Waals surface area (Å²) in [6, 6.07) is 0. The lowest BCUT2D eigenvalue weighted by Gasteiger charge is -2.62. The van der Waals surface area contributed by atoms with Crippen molar-refractivity contribution < 1.29 is 24.5 Å². The maximum Gasteiger partial charge on any atom is 0.358 e. The van der Waals surface area contributed by atoms with Crippen LogP contribution in [-0.4, -0.2) is 23.1 Å². The van der Waals surface area contributed by atoms with Crippen LogP contribution in [0.5, 0.6) is 0 Å². The van der Waals surface area contributed by atoms with Crippen LogP contribution in [0, 0.1) is 45.3 Å². The average molecular weight is 529 g/mol. The van der Waals surface area contributed by atoms with Crippen molar-refractivity contribution in [3.05, 3.63) is 23.3 Å². The van der Waals surface area contributed by atoms with E-state index >= 15 is 0 Å². The van der Waals surface area contributed by atoms with E-state index in [0.717, 1.165) is 63.4 Å². The van der Waals surface area contributed by atoms with E-state index in [1.54, 1.807) is 11.1 Å². The molecule has 4 aliphatic carbocycles. The van der Waals surface area contributed by atoms with Gasteiger partial charge in [0.05, 0.1) is 12.0 Å². The van der Waals surface area contributed by atoms with Gasteiger partial charge in [0.15, 0.2) is 0 Å². The predicted octanol–water partition coefficient (Wildman–Crippen LogP) is 7.73. The molecule has 1 unspecified atom stereocenters. The zero-order valence-corrected chi connectivity index (χ0v) is 25.2. The number of allylic oxidation sites excluding steroid dienone is 3. The van der Waals surface area contributed by atoms with Gasteiger partial charge in [0.2, 0.25) is 0 Å². The molecule has 38 heavy (non-hydrogen) atoms. The number of carbonyl (C=O) groups is 2. The van der Waals surface area contributed by atoms with Gasteiger partial charge in [0, 0.05) is 6.92 Å². The van der Waals surface area contributed by atoms with E-state index in [4.69, 9.17) is 9.78 Å². The molecular formula is C33H52O5. The van der Waals surface area contributed by atoms with Crippen molar-refractivity contribution in [2.24, 2.45) is 45.3 Å². The number of hydrogen-bond donors (Lipinski definition) is 1. The molecule has 1 N–H and O–H groups in total. The van der Waals surface area contributed by atoms with Crippen LogP contribution < -0.4 is 0 Å². The quantitative estimate of drug-likeness (QED) is 0.217. The Hall–Kier alpha value is -1.62. The fraction of sp³-hybridized carbons (Fsp3) is 0.818. The molecule has 4 aliphatic rings. The first kappa shape index (κ1) is 29.4. The van der Waals surface area contributed by atoms with E-state index < -0.39 is 11.9 Å². The second-order valence-corrected chi connectivity index (χ2v) is 14.7. The third-order valence-electron chi connectivity index (χ3n) is 12.4.